The molecule has 1 atom stereocenters. The highest BCUT2D eigenvalue weighted by atomic mass is 15.0. The van der Waals surface area contributed by atoms with Crippen molar-refractivity contribution in [2.45, 2.75) is 84.2 Å². The van der Waals surface area contributed by atoms with E-state index >= 15 is 0 Å². The van der Waals surface area contributed by atoms with Crippen LogP contribution in [0.3, 0.4) is 0 Å². The van der Waals surface area contributed by atoms with E-state index < -0.39 is 0 Å². The van der Waals surface area contributed by atoms with Crippen molar-refractivity contribution in [3.63, 3.8) is 0 Å². The number of hydrogen-bond donors (Lipinski definition) is 1. The van der Waals surface area contributed by atoms with Crippen molar-refractivity contribution in [3.8, 4) is 0 Å². The average Bonchev–Trinajstić information content (AvgIpc) is 2.87. The van der Waals surface area contributed by atoms with Gasteiger partial charge in [-0.15, -0.1) is 0 Å². The van der Waals surface area contributed by atoms with Gasteiger partial charge in [-0.1, -0.05) is 46.0 Å². The Balaban J connectivity index is 1.79. The van der Waals surface area contributed by atoms with E-state index in [2.05, 4.69) is 36.1 Å². The number of hydrogen-bond acceptors (Lipinski definition) is 1. The van der Waals surface area contributed by atoms with Gasteiger partial charge in [0.1, 0.15) is 0 Å². The van der Waals surface area contributed by atoms with Crippen LogP contribution < -0.4 is 5.32 Å². The molecular formula is C18H32N2. The van der Waals surface area contributed by atoms with Gasteiger partial charge in [-0.25, -0.2) is 0 Å². The van der Waals surface area contributed by atoms with Gasteiger partial charge in [0.05, 0.1) is 0 Å². The Hall–Kier alpha value is -0.760. The number of aromatic nitrogens is 1. The quantitative estimate of drug-likeness (QED) is 0.639. The molecule has 1 N–H and O–H groups in total. The van der Waals surface area contributed by atoms with Crippen LogP contribution in [0.2, 0.25) is 0 Å². The summed E-state index contributed by atoms with van der Waals surface area (Å²) in [7, 11) is 0. The summed E-state index contributed by atoms with van der Waals surface area (Å²) >= 11 is 0. The molecule has 0 radical (unpaired) electrons. The lowest BCUT2D eigenvalue weighted by molar-refractivity contribution is 0.473. The minimum Gasteiger partial charge on any atom is -0.354 e. The molecule has 0 saturated carbocycles. The highest BCUT2D eigenvalue weighted by Crippen LogP contribution is 2.30. The lowest BCUT2D eigenvalue weighted by Gasteiger charge is -2.22. The number of nitrogens with one attached hydrogen (secondary N) is 1. The maximum atomic E-state index is 3.63. The number of unbranched alkanes of at least 4 members (excludes halogenated alkanes) is 5. The second kappa shape index (κ2) is 8.51. The van der Waals surface area contributed by atoms with Gasteiger partial charge in [-0.3, -0.25) is 0 Å². The zero-order valence-electron chi connectivity index (χ0n) is 13.5. The molecule has 0 bridgehead atoms. The first-order valence-electron chi connectivity index (χ1n) is 8.77. The van der Waals surface area contributed by atoms with Gasteiger partial charge in [0, 0.05) is 25.0 Å². The molecule has 1 aromatic rings. The largest absolute Gasteiger partial charge is 0.354 e. The maximum Gasteiger partial charge on any atom is 0.0338 e. The minimum absolute atomic E-state index is 0.606. The van der Waals surface area contributed by atoms with E-state index in [1.807, 2.05) is 0 Å². The number of fused-ring (bicyclic) bond motifs is 1. The first kappa shape index (κ1) is 15.6. The summed E-state index contributed by atoms with van der Waals surface area (Å²) in [4.78, 5) is 0. The van der Waals surface area contributed by atoms with Gasteiger partial charge in [0.2, 0.25) is 0 Å². The van der Waals surface area contributed by atoms with Crippen molar-refractivity contribution in [3.05, 3.63) is 23.5 Å². The van der Waals surface area contributed by atoms with Crippen molar-refractivity contribution < 1.29 is 0 Å². The Morgan fingerprint density at radius 2 is 1.90 bits per heavy atom. The van der Waals surface area contributed by atoms with Crippen molar-refractivity contribution in [1.82, 2.24) is 9.88 Å². The van der Waals surface area contributed by atoms with Crippen LogP contribution in [0.25, 0.3) is 0 Å². The van der Waals surface area contributed by atoms with Gasteiger partial charge >= 0.3 is 0 Å². The zero-order valence-corrected chi connectivity index (χ0v) is 13.5. The lowest BCUT2D eigenvalue weighted by atomic mass is 9.91. The molecule has 0 amide bonds. The van der Waals surface area contributed by atoms with Crippen LogP contribution in [-0.2, 0) is 13.0 Å². The lowest BCUT2D eigenvalue weighted by Crippen LogP contribution is -2.23. The van der Waals surface area contributed by atoms with Crippen LogP contribution in [0.15, 0.2) is 12.4 Å². The highest BCUT2D eigenvalue weighted by molar-refractivity contribution is 5.30. The fourth-order valence-corrected chi connectivity index (χ4v) is 3.41. The Labute approximate surface area is 125 Å². The van der Waals surface area contributed by atoms with E-state index in [1.54, 1.807) is 11.1 Å². The standard InChI is InChI=1S/C18H32N2/c1-3-5-6-7-8-9-13-20-14-16-11-10-12-18(19-4-2)17(16)15-20/h14-15,18-19H,3-13H2,1-2H3. The van der Waals surface area contributed by atoms with Crippen LogP contribution in [0, 0.1) is 0 Å². The molecule has 0 spiro atoms. The summed E-state index contributed by atoms with van der Waals surface area (Å²) in [5.74, 6) is 0. The molecule has 1 aromatic heterocycles. The third-order valence-electron chi connectivity index (χ3n) is 4.53. The normalized spacial score (nSPS) is 18.2. The van der Waals surface area contributed by atoms with Crippen molar-refractivity contribution in [2.24, 2.45) is 0 Å². The molecule has 1 heterocycles. The highest BCUT2D eigenvalue weighted by Gasteiger charge is 2.20. The van der Waals surface area contributed by atoms with Crippen molar-refractivity contribution >= 4 is 0 Å². The van der Waals surface area contributed by atoms with Gasteiger partial charge in [0.15, 0.2) is 0 Å². The topological polar surface area (TPSA) is 17.0 Å². The van der Waals surface area contributed by atoms with Gasteiger partial charge < -0.3 is 9.88 Å². The van der Waals surface area contributed by atoms with Crippen molar-refractivity contribution in [2.75, 3.05) is 6.54 Å². The smallest absolute Gasteiger partial charge is 0.0338 e. The first-order valence-corrected chi connectivity index (χ1v) is 8.77. The molecule has 2 nitrogen and oxygen atoms in total. The third-order valence-corrected chi connectivity index (χ3v) is 4.53. The molecular weight excluding hydrogens is 244 g/mol. The second-order valence-electron chi connectivity index (χ2n) is 6.25. The SMILES string of the molecule is CCCCCCCCn1cc2c(c1)C(NCC)CCC2. The number of aryl methyl sites for hydroxylation is 2. The fourth-order valence-electron chi connectivity index (χ4n) is 3.41. The van der Waals surface area contributed by atoms with Crippen LogP contribution in [0.1, 0.15) is 82.4 Å². The summed E-state index contributed by atoms with van der Waals surface area (Å²) in [5, 5.41) is 3.63. The van der Waals surface area contributed by atoms with E-state index in [-0.39, 0.29) is 0 Å². The predicted molar refractivity (Wildman–Crippen MR) is 87.2 cm³/mol. The molecule has 1 aliphatic carbocycles. The molecule has 2 heteroatoms. The van der Waals surface area contributed by atoms with Crippen LogP contribution >= 0.6 is 0 Å². The van der Waals surface area contributed by atoms with Crippen LogP contribution in [-0.4, -0.2) is 11.1 Å². The Morgan fingerprint density at radius 1 is 1.10 bits per heavy atom. The van der Waals surface area contributed by atoms with Gasteiger partial charge in [-0.2, -0.15) is 0 Å². The van der Waals surface area contributed by atoms with Crippen LogP contribution in [0.4, 0.5) is 0 Å². The number of nitrogens with zero attached hydrogens (tertiary/aromatic N) is 1. The molecule has 20 heavy (non-hydrogen) atoms. The molecule has 2 rings (SSSR count). The van der Waals surface area contributed by atoms with E-state index in [9.17, 15) is 0 Å². The van der Waals surface area contributed by atoms with Gasteiger partial charge in [-0.05, 0) is 43.4 Å². The maximum absolute atomic E-state index is 3.63. The summed E-state index contributed by atoms with van der Waals surface area (Å²) in [6, 6.07) is 0.606. The minimum atomic E-state index is 0.606. The second-order valence-corrected chi connectivity index (χ2v) is 6.25. The van der Waals surface area contributed by atoms with Gasteiger partial charge in [0.25, 0.3) is 0 Å². The molecule has 1 aliphatic rings. The monoisotopic (exact) mass is 276 g/mol. The summed E-state index contributed by atoms with van der Waals surface area (Å²) in [6.45, 7) is 6.78. The molecule has 0 saturated heterocycles. The van der Waals surface area contributed by atoms with E-state index in [1.165, 1.54) is 64.3 Å². The Kier molecular flexibility index (Phi) is 6.65. The van der Waals surface area contributed by atoms with Crippen LogP contribution in [0.5, 0.6) is 0 Å². The number of rotatable bonds is 9. The van der Waals surface area contributed by atoms with E-state index in [0.29, 0.717) is 6.04 Å². The molecule has 0 aromatic carbocycles. The summed E-state index contributed by atoms with van der Waals surface area (Å²) < 4.78 is 2.44. The fraction of sp³-hybridized carbons (Fsp3) is 0.778. The Bertz CT molecular complexity index is 381. The third kappa shape index (κ3) is 4.37. The average molecular weight is 276 g/mol. The van der Waals surface area contributed by atoms with E-state index in [4.69, 9.17) is 0 Å². The summed E-state index contributed by atoms with van der Waals surface area (Å²) in [6.07, 6.45) is 17.0. The molecule has 0 aliphatic heterocycles. The zero-order chi connectivity index (χ0) is 14.2. The molecule has 1 unspecified atom stereocenters. The Morgan fingerprint density at radius 3 is 2.70 bits per heavy atom. The first-order chi connectivity index (χ1) is 9.85. The predicted octanol–water partition coefficient (Wildman–Crippen LogP) is 4.84. The van der Waals surface area contributed by atoms with E-state index in [0.717, 1.165) is 6.54 Å². The van der Waals surface area contributed by atoms with Crippen molar-refractivity contribution in [1.29, 1.82) is 0 Å². The molecule has 114 valence electrons. The molecule has 0 fully saturated rings. The summed E-state index contributed by atoms with van der Waals surface area (Å²) in [5.41, 5.74) is 3.16.